The van der Waals surface area contributed by atoms with Gasteiger partial charge in [0, 0.05) is 13.1 Å². The fourth-order valence-corrected chi connectivity index (χ4v) is 5.28. The Balaban J connectivity index is 1.73. The van der Waals surface area contributed by atoms with Crippen LogP contribution < -0.4 is 5.14 Å². The Hall–Kier alpha value is -0.870. The summed E-state index contributed by atoms with van der Waals surface area (Å²) >= 11 is 0. The summed E-state index contributed by atoms with van der Waals surface area (Å²) in [4.78, 5) is 14.1. The second-order valence-electron chi connectivity index (χ2n) is 7.01. The number of fused-ring (bicyclic) bond motifs is 2. The van der Waals surface area contributed by atoms with Crippen LogP contribution in [0.4, 0.5) is 13.2 Å². The van der Waals surface area contributed by atoms with Crippen LogP contribution in [0.1, 0.15) is 25.7 Å². The first kappa shape index (κ1) is 17.9. The van der Waals surface area contributed by atoms with E-state index in [9.17, 15) is 26.4 Å². The molecule has 10 heteroatoms. The van der Waals surface area contributed by atoms with Gasteiger partial charge in [-0.25, -0.2) is 13.6 Å². The zero-order chi connectivity index (χ0) is 17.7. The highest BCUT2D eigenvalue weighted by atomic mass is 32.2. The molecule has 5 atom stereocenters. The summed E-state index contributed by atoms with van der Waals surface area (Å²) in [6.07, 6.45) is -4.16. The molecule has 2 bridgehead atoms. The largest absolute Gasteiger partial charge is 0.395 e. The maximum Gasteiger partial charge on any atom is 0.395 e. The third kappa shape index (κ3) is 3.55. The Kier molecular flexibility index (Phi) is 4.59. The van der Waals surface area contributed by atoms with Crippen molar-refractivity contribution in [2.24, 2.45) is 22.9 Å². The number of halogens is 3. The van der Waals surface area contributed by atoms with Crippen LogP contribution in [0.3, 0.4) is 0 Å². The van der Waals surface area contributed by atoms with Crippen molar-refractivity contribution in [2.75, 3.05) is 18.8 Å². The number of hydrogen-bond acceptors (Lipinski definition) is 4. The Labute approximate surface area is 138 Å². The number of alkyl halides is 3. The summed E-state index contributed by atoms with van der Waals surface area (Å²) in [6, 6.07) is 0. The number of amides is 1. The predicted octanol–water partition coefficient (Wildman–Crippen LogP) is 0.869. The molecule has 3 aliphatic rings. The normalized spacial score (nSPS) is 37.0. The van der Waals surface area contributed by atoms with Crippen LogP contribution in [0.2, 0.25) is 0 Å². The van der Waals surface area contributed by atoms with Gasteiger partial charge in [0.05, 0.1) is 29.8 Å². The van der Waals surface area contributed by atoms with Crippen molar-refractivity contribution in [2.45, 2.75) is 44.1 Å². The summed E-state index contributed by atoms with van der Waals surface area (Å²) in [5.41, 5.74) is 0. The molecule has 138 valence electrons. The maximum atomic E-state index is 13.3. The SMILES string of the molecule is NS(=O)(=O)CC1CCCN(C(=O)C2C3CCC(O3)C2C(F)(F)F)C1. The fraction of sp³-hybridized carbons (Fsp3) is 0.929. The minimum absolute atomic E-state index is 0.133. The average Bonchev–Trinajstić information content (AvgIpc) is 3.04. The fourth-order valence-electron chi connectivity index (χ4n) is 4.35. The lowest BCUT2D eigenvalue weighted by molar-refractivity contribution is -0.199. The molecule has 0 spiro atoms. The molecule has 0 aromatic heterocycles. The van der Waals surface area contributed by atoms with Gasteiger partial charge in [-0.05, 0) is 31.6 Å². The van der Waals surface area contributed by atoms with Crippen LogP contribution in [-0.2, 0) is 19.6 Å². The molecule has 0 aromatic carbocycles. The van der Waals surface area contributed by atoms with Crippen molar-refractivity contribution in [3.8, 4) is 0 Å². The first-order valence-corrected chi connectivity index (χ1v) is 9.79. The van der Waals surface area contributed by atoms with Gasteiger partial charge in [-0.2, -0.15) is 13.2 Å². The monoisotopic (exact) mass is 370 g/mol. The third-order valence-corrected chi connectivity index (χ3v) is 6.17. The summed E-state index contributed by atoms with van der Waals surface area (Å²) in [5, 5.41) is 5.04. The first-order valence-electron chi connectivity index (χ1n) is 8.07. The van der Waals surface area contributed by atoms with E-state index in [1.807, 2.05) is 0 Å². The van der Waals surface area contributed by atoms with Gasteiger partial charge in [0.2, 0.25) is 15.9 Å². The number of carbonyl (C=O) groups excluding carboxylic acids is 1. The highest BCUT2D eigenvalue weighted by Crippen LogP contribution is 2.51. The predicted molar refractivity (Wildman–Crippen MR) is 78.2 cm³/mol. The standard InChI is InChI=1S/C14H21F3N2O4S/c15-14(16,17)12-10-4-3-9(23-10)11(12)13(20)19-5-1-2-8(6-19)7-24(18,21)22/h8-12H,1-7H2,(H2,18,21,22). The van der Waals surface area contributed by atoms with E-state index in [2.05, 4.69) is 0 Å². The van der Waals surface area contributed by atoms with Gasteiger partial charge in [0.25, 0.3) is 0 Å². The summed E-state index contributed by atoms with van der Waals surface area (Å²) in [6.45, 7) is 0.478. The average molecular weight is 370 g/mol. The number of nitrogens with two attached hydrogens (primary N) is 1. The Morgan fingerprint density at radius 2 is 1.88 bits per heavy atom. The number of likely N-dealkylation sites (tertiary alicyclic amines) is 1. The number of hydrogen-bond donors (Lipinski definition) is 1. The summed E-state index contributed by atoms with van der Waals surface area (Å²) in [5.74, 6) is -4.13. The number of sulfonamides is 1. The summed E-state index contributed by atoms with van der Waals surface area (Å²) in [7, 11) is -3.68. The first-order chi connectivity index (χ1) is 11.1. The molecule has 3 aliphatic heterocycles. The second-order valence-corrected chi connectivity index (χ2v) is 8.66. The van der Waals surface area contributed by atoms with Gasteiger partial charge in [-0.3, -0.25) is 4.79 Å². The smallest absolute Gasteiger partial charge is 0.373 e. The molecular formula is C14H21F3N2O4S. The van der Waals surface area contributed by atoms with E-state index in [0.29, 0.717) is 32.2 Å². The molecule has 3 rings (SSSR count). The van der Waals surface area contributed by atoms with E-state index in [1.54, 1.807) is 0 Å². The minimum Gasteiger partial charge on any atom is -0.373 e. The van der Waals surface area contributed by atoms with Gasteiger partial charge in [0.15, 0.2) is 0 Å². The number of nitrogens with zero attached hydrogens (tertiary/aromatic N) is 1. The lowest BCUT2D eigenvalue weighted by Crippen LogP contribution is -2.51. The number of piperidine rings is 1. The lowest BCUT2D eigenvalue weighted by atomic mass is 9.77. The van der Waals surface area contributed by atoms with Crippen molar-refractivity contribution >= 4 is 15.9 Å². The van der Waals surface area contributed by atoms with E-state index in [4.69, 9.17) is 9.88 Å². The molecule has 24 heavy (non-hydrogen) atoms. The van der Waals surface area contributed by atoms with Crippen LogP contribution in [-0.4, -0.2) is 56.5 Å². The third-order valence-electron chi connectivity index (χ3n) is 5.24. The quantitative estimate of drug-likeness (QED) is 0.798. The van der Waals surface area contributed by atoms with Crippen molar-refractivity contribution in [1.82, 2.24) is 4.90 Å². The molecule has 0 saturated carbocycles. The van der Waals surface area contributed by atoms with Crippen LogP contribution in [0, 0.1) is 17.8 Å². The van der Waals surface area contributed by atoms with Crippen molar-refractivity contribution in [3.05, 3.63) is 0 Å². The molecule has 3 fully saturated rings. The van der Waals surface area contributed by atoms with Crippen LogP contribution in [0.5, 0.6) is 0 Å². The number of carbonyl (C=O) groups is 1. The molecular weight excluding hydrogens is 349 g/mol. The van der Waals surface area contributed by atoms with Crippen molar-refractivity contribution < 1.29 is 31.1 Å². The molecule has 0 aliphatic carbocycles. The molecule has 3 saturated heterocycles. The van der Waals surface area contributed by atoms with E-state index in [1.165, 1.54) is 4.90 Å². The number of ether oxygens (including phenoxy) is 1. The highest BCUT2D eigenvalue weighted by molar-refractivity contribution is 7.89. The second kappa shape index (κ2) is 6.14. The molecule has 3 heterocycles. The Morgan fingerprint density at radius 1 is 1.21 bits per heavy atom. The van der Waals surface area contributed by atoms with Gasteiger partial charge in [0.1, 0.15) is 0 Å². The van der Waals surface area contributed by atoms with E-state index < -0.39 is 46.2 Å². The van der Waals surface area contributed by atoms with Crippen LogP contribution in [0.25, 0.3) is 0 Å². The van der Waals surface area contributed by atoms with E-state index in [-0.39, 0.29) is 18.2 Å². The molecule has 1 amide bonds. The van der Waals surface area contributed by atoms with Gasteiger partial charge in [-0.15, -0.1) is 0 Å². The zero-order valence-electron chi connectivity index (χ0n) is 13.0. The lowest BCUT2D eigenvalue weighted by Gasteiger charge is -2.37. The van der Waals surface area contributed by atoms with Crippen LogP contribution in [0.15, 0.2) is 0 Å². The topological polar surface area (TPSA) is 89.7 Å². The molecule has 2 N–H and O–H groups in total. The van der Waals surface area contributed by atoms with Gasteiger partial charge in [-0.1, -0.05) is 0 Å². The Bertz CT molecular complexity index is 610. The van der Waals surface area contributed by atoms with Crippen LogP contribution >= 0.6 is 0 Å². The molecule has 5 unspecified atom stereocenters. The highest BCUT2D eigenvalue weighted by Gasteiger charge is 2.63. The van der Waals surface area contributed by atoms with E-state index >= 15 is 0 Å². The van der Waals surface area contributed by atoms with Crippen molar-refractivity contribution in [3.63, 3.8) is 0 Å². The van der Waals surface area contributed by atoms with Crippen molar-refractivity contribution in [1.29, 1.82) is 0 Å². The Morgan fingerprint density at radius 3 is 2.50 bits per heavy atom. The minimum atomic E-state index is -4.48. The molecule has 6 nitrogen and oxygen atoms in total. The summed E-state index contributed by atoms with van der Waals surface area (Å²) < 4.78 is 67.9. The maximum absolute atomic E-state index is 13.3. The van der Waals surface area contributed by atoms with Gasteiger partial charge < -0.3 is 9.64 Å². The number of rotatable bonds is 3. The number of primary sulfonamides is 1. The molecule has 0 aromatic rings. The zero-order valence-corrected chi connectivity index (χ0v) is 13.9. The van der Waals surface area contributed by atoms with Gasteiger partial charge >= 0.3 is 6.18 Å². The molecule has 0 radical (unpaired) electrons. The van der Waals surface area contributed by atoms with E-state index in [0.717, 1.165) is 0 Å².